The van der Waals surface area contributed by atoms with E-state index < -0.39 is 11.5 Å². The van der Waals surface area contributed by atoms with Crippen LogP contribution in [0.15, 0.2) is 42.2 Å². The van der Waals surface area contributed by atoms with E-state index in [2.05, 4.69) is 65.6 Å². The molecule has 186 valence electrons. The zero-order valence-corrected chi connectivity index (χ0v) is 22.2. The Morgan fingerprint density at radius 3 is 2.53 bits per heavy atom. The van der Waals surface area contributed by atoms with E-state index in [-0.39, 0.29) is 35.6 Å². The van der Waals surface area contributed by atoms with Gasteiger partial charge in [-0.2, -0.15) is 0 Å². The van der Waals surface area contributed by atoms with Gasteiger partial charge in [-0.05, 0) is 71.6 Å². The lowest BCUT2D eigenvalue weighted by molar-refractivity contribution is -0.137. The monoisotopic (exact) mass is 486 g/mol. The average Bonchev–Trinajstić information content (AvgIpc) is 2.73. The van der Waals surface area contributed by atoms with E-state index in [0.29, 0.717) is 5.70 Å². The fourth-order valence-corrected chi connectivity index (χ4v) is 5.25. The number of amides is 2. The molecule has 1 saturated carbocycles. The number of hydrogen-bond acceptors (Lipinski definition) is 2. The lowest BCUT2D eigenvalue weighted by Gasteiger charge is -2.53. The van der Waals surface area contributed by atoms with Crippen LogP contribution < -0.4 is 5.32 Å². The SMILES string of the molecule is C=C(CCC(=O)O)N1C=C2C(C)C(C)(C)CC[C@]2(c2ccc(CCC(C)(C)C)c(Cl)c2)NC1=O. The van der Waals surface area contributed by atoms with Crippen LogP contribution in [-0.4, -0.2) is 22.0 Å². The first-order valence-corrected chi connectivity index (χ1v) is 12.6. The second kappa shape index (κ2) is 9.41. The summed E-state index contributed by atoms with van der Waals surface area (Å²) in [6, 6.07) is 5.95. The predicted octanol–water partition coefficient (Wildman–Crippen LogP) is 7.26. The molecule has 2 amide bonds. The molecule has 1 aromatic carbocycles. The number of halogens is 1. The van der Waals surface area contributed by atoms with Crippen LogP contribution in [0.4, 0.5) is 4.79 Å². The quantitative estimate of drug-likeness (QED) is 0.426. The first kappa shape index (κ1) is 26.3. The average molecular weight is 487 g/mol. The van der Waals surface area contributed by atoms with Gasteiger partial charge in [-0.1, -0.05) is 71.9 Å². The molecule has 5 nitrogen and oxygen atoms in total. The molecule has 0 spiro atoms. The Bertz CT molecular complexity index is 1020. The summed E-state index contributed by atoms with van der Waals surface area (Å²) in [5.74, 6) is -0.718. The zero-order chi connectivity index (χ0) is 25.5. The Morgan fingerprint density at radius 2 is 1.94 bits per heavy atom. The molecule has 0 aromatic heterocycles. The minimum Gasteiger partial charge on any atom is -0.481 e. The smallest absolute Gasteiger partial charge is 0.326 e. The number of carboxylic acids is 1. The molecule has 3 rings (SSSR count). The van der Waals surface area contributed by atoms with Gasteiger partial charge in [0.25, 0.3) is 0 Å². The summed E-state index contributed by atoms with van der Waals surface area (Å²) in [5, 5.41) is 13.1. The third kappa shape index (κ3) is 5.35. The standard InChI is InChI=1S/C28H39ClN2O3/c1-18(8-11-24(32)33)31-17-22-19(2)27(6,7)14-15-28(22,30-25(31)34)21-10-9-20(23(29)16-21)12-13-26(3,4)5/h9-10,16-17,19H,1,8,11-15H2,2-7H3,(H,30,34)(H,32,33)/t19?,28-/m1/s1. The molecule has 2 N–H and O–H groups in total. The van der Waals surface area contributed by atoms with E-state index in [9.17, 15) is 9.59 Å². The van der Waals surface area contributed by atoms with Gasteiger partial charge in [-0.25, -0.2) is 4.79 Å². The van der Waals surface area contributed by atoms with Gasteiger partial charge in [0.15, 0.2) is 0 Å². The number of carbonyl (C=O) groups is 2. The van der Waals surface area contributed by atoms with Crippen LogP contribution in [0.5, 0.6) is 0 Å². The normalized spacial score (nSPS) is 24.2. The molecule has 1 aromatic rings. The predicted molar refractivity (Wildman–Crippen MR) is 138 cm³/mol. The van der Waals surface area contributed by atoms with E-state index >= 15 is 0 Å². The Morgan fingerprint density at radius 1 is 1.26 bits per heavy atom. The number of allylic oxidation sites excluding steroid dienone is 1. The fraction of sp³-hybridized carbons (Fsp3) is 0.571. The topological polar surface area (TPSA) is 69.6 Å². The fourth-order valence-electron chi connectivity index (χ4n) is 4.97. The van der Waals surface area contributed by atoms with Crippen LogP contribution in [-0.2, 0) is 16.8 Å². The van der Waals surface area contributed by atoms with Gasteiger partial charge in [0.1, 0.15) is 0 Å². The van der Waals surface area contributed by atoms with Gasteiger partial charge in [-0.3, -0.25) is 9.69 Å². The highest BCUT2D eigenvalue weighted by Gasteiger charge is 2.51. The van der Waals surface area contributed by atoms with Crippen molar-refractivity contribution in [3.63, 3.8) is 0 Å². The van der Waals surface area contributed by atoms with Crippen molar-refractivity contribution in [2.75, 3.05) is 0 Å². The maximum atomic E-state index is 13.3. The van der Waals surface area contributed by atoms with Crippen molar-refractivity contribution in [2.24, 2.45) is 16.7 Å². The summed E-state index contributed by atoms with van der Waals surface area (Å²) >= 11 is 6.77. The van der Waals surface area contributed by atoms with Crippen molar-refractivity contribution in [1.82, 2.24) is 10.2 Å². The summed E-state index contributed by atoms with van der Waals surface area (Å²) in [6.07, 6.45) is 5.72. The second-order valence-corrected chi connectivity index (χ2v) is 12.2. The molecule has 1 heterocycles. The molecule has 1 aliphatic carbocycles. The number of carbonyl (C=O) groups excluding carboxylic acids is 1. The highest BCUT2D eigenvalue weighted by atomic mass is 35.5. The molecule has 6 heteroatoms. The molecule has 2 atom stereocenters. The van der Waals surface area contributed by atoms with Crippen LogP contribution in [0.25, 0.3) is 0 Å². The van der Waals surface area contributed by atoms with Gasteiger partial charge in [0.2, 0.25) is 0 Å². The van der Waals surface area contributed by atoms with E-state index in [4.69, 9.17) is 16.7 Å². The van der Waals surface area contributed by atoms with Crippen LogP contribution in [0, 0.1) is 16.7 Å². The van der Waals surface area contributed by atoms with Crippen molar-refractivity contribution >= 4 is 23.6 Å². The second-order valence-electron chi connectivity index (χ2n) is 11.8. The lowest BCUT2D eigenvalue weighted by Crippen LogP contribution is -2.59. The maximum Gasteiger partial charge on any atom is 0.326 e. The zero-order valence-electron chi connectivity index (χ0n) is 21.4. The molecule has 2 aliphatic rings. The van der Waals surface area contributed by atoms with Gasteiger partial charge >= 0.3 is 12.0 Å². The van der Waals surface area contributed by atoms with Crippen molar-refractivity contribution in [2.45, 2.75) is 85.6 Å². The van der Waals surface area contributed by atoms with Crippen molar-refractivity contribution < 1.29 is 14.7 Å². The summed E-state index contributed by atoms with van der Waals surface area (Å²) in [4.78, 5) is 25.8. The Hall–Kier alpha value is -2.27. The number of carboxylic acid groups (broad SMARTS) is 1. The highest BCUT2D eigenvalue weighted by molar-refractivity contribution is 6.31. The highest BCUT2D eigenvalue weighted by Crippen LogP contribution is 2.54. The largest absolute Gasteiger partial charge is 0.481 e. The summed E-state index contributed by atoms with van der Waals surface area (Å²) in [5.41, 5.74) is 3.35. The molecule has 34 heavy (non-hydrogen) atoms. The maximum absolute atomic E-state index is 13.3. The number of aryl methyl sites for hydroxylation is 1. The summed E-state index contributed by atoms with van der Waals surface area (Å²) in [7, 11) is 0. The minimum atomic E-state index is -0.908. The first-order valence-electron chi connectivity index (χ1n) is 12.2. The third-order valence-electron chi connectivity index (χ3n) is 7.74. The number of urea groups is 1. The first-order chi connectivity index (χ1) is 15.7. The van der Waals surface area contributed by atoms with Crippen LogP contribution in [0.3, 0.4) is 0 Å². The third-order valence-corrected chi connectivity index (χ3v) is 8.09. The number of aliphatic carboxylic acids is 1. The number of fused-ring (bicyclic) bond motifs is 1. The Kier molecular flexibility index (Phi) is 7.29. The Balaban J connectivity index is 2.02. The molecule has 0 bridgehead atoms. The van der Waals surface area contributed by atoms with E-state index in [1.807, 2.05) is 12.3 Å². The molecular weight excluding hydrogens is 448 g/mol. The number of benzene rings is 1. The van der Waals surface area contributed by atoms with Gasteiger partial charge in [0, 0.05) is 16.9 Å². The van der Waals surface area contributed by atoms with Crippen molar-refractivity contribution in [1.29, 1.82) is 0 Å². The molecule has 0 saturated heterocycles. The van der Waals surface area contributed by atoms with Gasteiger partial charge in [0.05, 0.1) is 12.0 Å². The number of rotatable bonds is 7. The van der Waals surface area contributed by atoms with E-state index in [0.717, 1.165) is 47.4 Å². The van der Waals surface area contributed by atoms with Crippen molar-refractivity contribution in [3.8, 4) is 0 Å². The van der Waals surface area contributed by atoms with Crippen LogP contribution in [0.1, 0.15) is 84.8 Å². The molecule has 1 unspecified atom stereocenters. The van der Waals surface area contributed by atoms with E-state index in [1.165, 1.54) is 4.90 Å². The number of hydrogen-bond donors (Lipinski definition) is 2. The lowest BCUT2D eigenvalue weighted by atomic mass is 9.58. The summed E-state index contributed by atoms with van der Waals surface area (Å²) in [6.45, 7) is 17.4. The van der Waals surface area contributed by atoms with Gasteiger partial charge in [-0.15, -0.1) is 0 Å². The van der Waals surface area contributed by atoms with Crippen molar-refractivity contribution in [3.05, 3.63) is 58.4 Å². The molecule has 1 fully saturated rings. The molecule has 1 aliphatic heterocycles. The van der Waals surface area contributed by atoms with Gasteiger partial charge < -0.3 is 10.4 Å². The van der Waals surface area contributed by atoms with E-state index in [1.54, 1.807) is 0 Å². The van der Waals surface area contributed by atoms with Crippen LogP contribution in [0.2, 0.25) is 5.02 Å². The summed E-state index contributed by atoms with van der Waals surface area (Å²) < 4.78 is 0. The minimum absolute atomic E-state index is 0.0575. The number of nitrogens with zero attached hydrogens (tertiary/aromatic N) is 1. The molecular formula is C28H39ClN2O3. The molecule has 0 radical (unpaired) electrons. The Labute approximate surface area is 209 Å². The number of nitrogens with one attached hydrogen (secondary N) is 1. The van der Waals surface area contributed by atoms with Crippen LogP contribution >= 0.6 is 11.6 Å².